The summed E-state index contributed by atoms with van der Waals surface area (Å²) in [5, 5.41) is 3.69. The Bertz CT molecular complexity index is 435. The Kier molecular flexibility index (Phi) is 7.62. The number of likely N-dealkylation sites (tertiary alicyclic amines) is 1. The van der Waals surface area contributed by atoms with E-state index in [9.17, 15) is 0 Å². The standard InChI is InChI=1S/C21H39N3O2/c1-3-21(11-5-6-12-21)17-23-20(22-2)24-13-9-18(10-14-24)26-16-19-8-4-7-15-25-19/h18-19H,3-17H2,1-2H3,(H,22,23). The molecule has 0 aromatic heterocycles. The maximum Gasteiger partial charge on any atom is 0.193 e. The van der Waals surface area contributed by atoms with Gasteiger partial charge in [0.2, 0.25) is 0 Å². The van der Waals surface area contributed by atoms with E-state index >= 15 is 0 Å². The zero-order valence-corrected chi connectivity index (χ0v) is 17.0. The highest BCUT2D eigenvalue weighted by atomic mass is 16.5. The van der Waals surface area contributed by atoms with Crippen molar-refractivity contribution in [3.63, 3.8) is 0 Å². The van der Waals surface area contributed by atoms with E-state index in [-0.39, 0.29) is 0 Å². The maximum atomic E-state index is 6.15. The van der Waals surface area contributed by atoms with Gasteiger partial charge in [-0.2, -0.15) is 0 Å². The van der Waals surface area contributed by atoms with Gasteiger partial charge >= 0.3 is 0 Å². The van der Waals surface area contributed by atoms with Gasteiger partial charge in [0.25, 0.3) is 0 Å². The zero-order chi connectivity index (χ0) is 18.2. The summed E-state index contributed by atoms with van der Waals surface area (Å²) in [7, 11) is 1.92. The van der Waals surface area contributed by atoms with Gasteiger partial charge in [-0.05, 0) is 56.8 Å². The number of rotatable bonds is 6. The Morgan fingerprint density at radius 3 is 2.54 bits per heavy atom. The fourth-order valence-electron chi connectivity index (χ4n) is 4.80. The summed E-state index contributed by atoms with van der Waals surface area (Å²) in [6.45, 7) is 7.18. The van der Waals surface area contributed by atoms with Crippen LogP contribution in [0.4, 0.5) is 0 Å². The average molecular weight is 366 g/mol. The Balaban J connectivity index is 1.38. The van der Waals surface area contributed by atoms with Crippen LogP contribution < -0.4 is 5.32 Å². The van der Waals surface area contributed by atoms with Gasteiger partial charge in [-0.3, -0.25) is 4.99 Å². The Labute approximate surface area is 159 Å². The van der Waals surface area contributed by atoms with Crippen LogP contribution in [-0.4, -0.2) is 63.0 Å². The molecule has 2 heterocycles. The molecular formula is C21H39N3O2. The molecule has 1 aliphatic carbocycles. The van der Waals surface area contributed by atoms with E-state index < -0.39 is 0 Å². The summed E-state index contributed by atoms with van der Waals surface area (Å²) in [5.74, 6) is 1.08. The van der Waals surface area contributed by atoms with Gasteiger partial charge in [0.15, 0.2) is 5.96 Å². The van der Waals surface area contributed by atoms with Crippen molar-refractivity contribution in [3.05, 3.63) is 0 Å². The Hall–Kier alpha value is -0.810. The summed E-state index contributed by atoms with van der Waals surface area (Å²) in [6.07, 6.45) is 13.3. The van der Waals surface area contributed by atoms with E-state index in [0.717, 1.165) is 58.1 Å². The third-order valence-corrected chi connectivity index (χ3v) is 6.78. The Morgan fingerprint density at radius 2 is 1.92 bits per heavy atom. The van der Waals surface area contributed by atoms with Crippen LogP contribution in [-0.2, 0) is 9.47 Å². The predicted molar refractivity (Wildman–Crippen MR) is 107 cm³/mol. The molecule has 3 rings (SSSR count). The lowest BCUT2D eigenvalue weighted by Crippen LogP contribution is -2.49. The van der Waals surface area contributed by atoms with Crippen molar-refractivity contribution >= 4 is 5.96 Å². The molecule has 2 saturated heterocycles. The number of hydrogen-bond donors (Lipinski definition) is 1. The van der Waals surface area contributed by atoms with Crippen LogP contribution in [0.25, 0.3) is 0 Å². The number of nitrogens with zero attached hydrogens (tertiary/aromatic N) is 2. The molecule has 1 atom stereocenters. The van der Waals surface area contributed by atoms with E-state index in [1.807, 2.05) is 7.05 Å². The lowest BCUT2D eigenvalue weighted by molar-refractivity contribution is -0.0721. The number of aliphatic imine (C=N–C) groups is 1. The minimum atomic E-state index is 0.327. The lowest BCUT2D eigenvalue weighted by atomic mass is 9.83. The molecule has 2 aliphatic heterocycles. The molecule has 0 radical (unpaired) electrons. The number of guanidine groups is 1. The quantitative estimate of drug-likeness (QED) is 0.577. The molecule has 5 nitrogen and oxygen atoms in total. The first-order chi connectivity index (χ1) is 12.7. The number of piperidine rings is 1. The second-order valence-corrected chi connectivity index (χ2v) is 8.47. The van der Waals surface area contributed by atoms with Crippen molar-refractivity contribution < 1.29 is 9.47 Å². The minimum Gasteiger partial charge on any atom is -0.376 e. The lowest BCUT2D eigenvalue weighted by Gasteiger charge is -2.36. The smallest absolute Gasteiger partial charge is 0.193 e. The molecule has 0 aromatic rings. The van der Waals surface area contributed by atoms with E-state index in [1.54, 1.807) is 0 Å². The van der Waals surface area contributed by atoms with Crippen molar-refractivity contribution in [2.75, 3.05) is 39.9 Å². The zero-order valence-electron chi connectivity index (χ0n) is 17.0. The molecule has 1 N–H and O–H groups in total. The van der Waals surface area contributed by atoms with Crippen LogP contribution in [0, 0.1) is 5.41 Å². The predicted octanol–water partition coefficient (Wildman–Crippen LogP) is 3.58. The average Bonchev–Trinajstić information content (AvgIpc) is 3.18. The molecule has 26 heavy (non-hydrogen) atoms. The molecule has 5 heteroatoms. The molecular weight excluding hydrogens is 326 g/mol. The molecule has 3 aliphatic rings. The van der Waals surface area contributed by atoms with Crippen molar-refractivity contribution in [2.24, 2.45) is 10.4 Å². The highest BCUT2D eigenvalue weighted by Crippen LogP contribution is 2.40. The number of nitrogens with one attached hydrogen (secondary N) is 1. The van der Waals surface area contributed by atoms with Crippen molar-refractivity contribution in [2.45, 2.75) is 83.3 Å². The van der Waals surface area contributed by atoms with E-state index in [2.05, 4.69) is 22.1 Å². The van der Waals surface area contributed by atoms with E-state index in [1.165, 1.54) is 44.9 Å². The molecule has 1 saturated carbocycles. The summed E-state index contributed by atoms with van der Waals surface area (Å²) < 4.78 is 11.9. The molecule has 150 valence electrons. The highest BCUT2D eigenvalue weighted by molar-refractivity contribution is 5.80. The van der Waals surface area contributed by atoms with Gasteiger partial charge < -0.3 is 19.7 Å². The topological polar surface area (TPSA) is 46.1 Å². The Morgan fingerprint density at radius 1 is 1.15 bits per heavy atom. The van der Waals surface area contributed by atoms with Crippen LogP contribution in [0.3, 0.4) is 0 Å². The van der Waals surface area contributed by atoms with Gasteiger partial charge in [0.05, 0.1) is 18.8 Å². The second kappa shape index (κ2) is 9.93. The second-order valence-electron chi connectivity index (χ2n) is 8.47. The maximum absolute atomic E-state index is 6.15. The highest BCUT2D eigenvalue weighted by Gasteiger charge is 2.32. The van der Waals surface area contributed by atoms with Crippen molar-refractivity contribution in [1.82, 2.24) is 10.2 Å². The molecule has 1 unspecified atom stereocenters. The van der Waals surface area contributed by atoms with Crippen LogP contribution in [0.5, 0.6) is 0 Å². The number of hydrogen-bond acceptors (Lipinski definition) is 3. The fourth-order valence-corrected chi connectivity index (χ4v) is 4.80. The minimum absolute atomic E-state index is 0.327. The normalized spacial score (nSPS) is 27.7. The SMILES string of the molecule is CCC1(CNC(=NC)N2CCC(OCC3CCCCO3)CC2)CCCC1. The summed E-state index contributed by atoms with van der Waals surface area (Å²) in [4.78, 5) is 6.97. The van der Waals surface area contributed by atoms with E-state index in [4.69, 9.17) is 9.47 Å². The first-order valence-electron chi connectivity index (χ1n) is 10.9. The fraction of sp³-hybridized carbons (Fsp3) is 0.952. The van der Waals surface area contributed by atoms with Crippen molar-refractivity contribution in [3.8, 4) is 0 Å². The van der Waals surface area contributed by atoms with Gasteiger partial charge in [-0.15, -0.1) is 0 Å². The van der Waals surface area contributed by atoms with E-state index in [0.29, 0.717) is 17.6 Å². The van der Waals surface area contributed by atoms with Crippen LogP contribution in [0.1, 0.15) is 71.1 Å². The summed E-state index contributed by atoms with van der Waals surface area (Å²) >= 11 is 0. The molecule has 0 spiro atoms. The molecule has 0 aromatic carbocycles. The molecule has 3 fully saturated rings. The largest absolute Gasteiger partial charge is 0.376 e. The van der Waals surface area contributed by atoms with Gasteiger partial charge in [-0.1, -0.05) is 19.8 Å². The van der Waals surface area contributed by atoms with Gasteiger partial charge in [0.1, 0.15) is 0 Å². The first kappa shape index (κ1) is 19.9. The molecule has 0 amide bonds. The molecule has 0 bridgehead atoms. The van der Waals surface area contributed by atoms with Crippen molar-refractivity contribution in [1.29, 1.82) is 0 Å². The van der Waals surface area contributed by atoms with Gasteiger partial charge in [0, 0.05) is 33.3 Å². The van der Waals surface area contributed by atoms with Gasteiger partial charge in [-0.25, -0.2) is 0 Å². The third kappa shape index (κ3) is 5.35. The van der Waals surface area contributed by atoms with Crippen LogP contribution >= 0.6 is 0 Å². The third-order valence-electron chi connectivity index (χ3n) is 6.78. The monoisotopic (exact) mass is 365 g/mol. The number of ether oxygens (including phenoxy) is 2. The summed E-state index contributed by atoms with van der Waals surface area (Å²) in [6, 6.07) is 0. The first-order valence-corrected chi connectivity index (χ1v) is 10.9. The van der Waals surface area contributed by atoms with Crippen LogP contribution in [0.15, 0.2) is 4.99 Å². The summed E-state index contributed by atoms with van der Waals surface area (Å²) in [5.41, 5.74) is 0.497. The van der Waals surface area contributed by atoms with Crippen LogP contribution in [0.2, 0.25) is 0 Å².